The third-order valence-corrected chi connectivity index (χ3v) is 6.06. The number of halogens is 1. The van der Waals surface area contributed by atoms with Gasteiger partial charge in [0.05, 0.1) is 24.5 Å². The summed E-state index contributed by atoms with van der Waals surface area (Å²) >= 11 is 6.36. The zero-order valence-corrected chi connectivity index (χ0v) is 18.6. The van der Waals surface area contributed by atoms with Gasteiger partial charge in [-0.25, -0.2) is 0 Å². The molecule has 0 unspecified atom stereocenters. The molecule has 0 atom stereocenters. The molecular weight excluding hydrogens is 444 g/mol. The van der Waals surface area contributed by atoms with Gasteiger partial charge >= 0.3 is 0 Å². The quantitative estimate of drug-likeness (QED) is 0.513. The fraction of sp³-hybridized carbons (Fsp3) is 0.280. The number of fused-ring (bicyclic) bond motifs is 1. The number of hydrogen-bond donors (Lipinski definition) is 2. The maximum absolute atomic E-state index is 13.2. The number of nitrogens with one attached hydrogen (secondary N) is 1. The van der Waals surface area contributed by atoms with Crippen molar-refractivity contribution < 1.29 is 24.1 Å². The van der Waals surface area contributed by atoms with Crippen LogP contribution in [0.25, 0.3) is 11.3 Å². The first-order valence-electron chi connectivity index (χ1n) is 10.8. The van der Waals surface area contributed by atoms with Crippen LogP contribution >= 0.6 is 11.6 Å². The summed E-state index contributed by atoms with van der Waals surface area (Å²) in [7, 11) is 0. The van der Waals surface area contributed by atoms with Crippen molar-refractivity contribution in [2.75, 3.05) is 13.4 Å². The molecule has 33 heavy (non-hydrogen) atoms. The first kappa shape index (κ1) is 21.6. The van der Waals surface area contributed by atoms with Crippen molar-refractivity contribution in [1.29, 1.82) is 0 Å². The van der Waals surface area contributed by atoms with Gasteiger partial charge in [0.15, 0.2) is 11.5 Å². The van der Waals surface area contributed by atoms with Crippen LogP contribution < -0.4 is 19.5 Å². The lowest BCUT2D eigenvalue weighted by Crippen LogP contribution is -2.24. The van der Waals surface area contributed by atoms with Gasteiger partial charge in [-0.2, -0.15) is 0 Å². The lowest BCUT2D eigenvalue weighted by Gasteiger charge is -2.15. The summed E-state index contributed by atoms with van der Waals surface area (Å²) < 4.78 is 16.7. The van der Waals surface area contributed by atoms with Gasteiger partial charge in [0.1, 0.15) is 5.75 Å². The Morgan fingerprint density at radius 3 is 2.76 bits per heavy atom. The van der Waals surface area contributed by atoms with E-state index in [1.54, 1.807) is 42.6 Å². The number of carbonyl (C=O) groups excluding carboxylic acids is 1. The first-order chi connectivity index (χ1) is 16.1. The van der Waals surface area contributed by atoms with Crippen LogP contribution in [0.3, 0.4) is 0 Å². The number of aliphatic hydroxyl groups excluding tert-OH is 1. The molecule has 1 saturated carbocycles. The van der Waals surface area contributed by atoms with E-state index in [2.05, 4.69) is 10.3 Å². The van der Waals surface area contributed by atoms with Gasteiger partial charge in [0.2, 0.25) is 6.79 Å². The second-order valence-corrected chi connectivity index (χ2v) is 8.52. The van der Waals surface area contributed by atoms with E-state index in [4.69, 9.17) is 25.8 Å². The van der Waals surface area contributed by atoms with Gasteiger partial charge in [-0.3, -0.25) is 9.78 Å². The monoisotopic (exact) mass is 466 g/mol. The number of ether oxygens (including phenoxy) is 3. The fourth-order valence-electron chi connectivity index (χ4n) is 3.66. The number of rotatable bonds is 8. The minimum absolute atomic E-state index is 0.146. The SMILES string of the molecule is O=C(NCc1cc2c(cc1Cl)OCO2)c1cc(-c2ncccc2CO)ccc1OCC1CC1. The molecule has 0 spiro atoms. The highest BCUT2D eigenvalue weighted by atomic mass is 35.5. The Morgan fingerprint density at radius 2 is 1.97 bits per heavy atom. The molecular formula is C25H23ClN2O5. The second-order valence-electron chi connectivity index (χ2n) is 8.11. The van der Waals surface area contributed by atoms with Gasteiger partial charge in [-0.15, -0.1) is 0 Å². The lowest BCUT2D eigenvalue weighted by atomic mass is 10.0. The average molecular weight is 467 g/mol. The third-order valence-electron chi connectivity index (χ3n) is 5.71. The Morgan fingerprint density at radius 1 is 1.15 bits per heavy atom. The summed E-state index contributed by atoms with van der Waals surface area (Å²) in [5.41, 5.74) is 3.16. The van der Waals surface area contributed by atoms with Crippen molar-refractivity contribution >= 4 is 17.5 Å². The fourth-order valence-corrected chi connectivity index (χ4v) is 3.88. The Balaban J connectivity index is 1.41. The van der Waals surface area contributed by atoms with Crippen molar-refractivity contribution in [3.05, 3.63) is 70.4 Å². The van der Waals surface area contributed by atoms with E-state index in [1.807, 2.05) is 6.07 Å². The van der Waals surface area contributed by atoms with Crippen molar-refractivity contribution in [3.63, 3.8) is 0 Å². The van der Waals surface area contributed by atoms with E-state index >= 15 is 0 Å². The minimum Gasteiger partial charge on any atom is -0.492 e. The molecule has 2 aromatic carbocycles. The van der Waals surface area contributed by atoms with Crippen LogP contribution in [0.1, 0.15) is 34.3 Å². The molecule has 170 valence electrons. The van der Waals surface area contributed by atoms with Crippen LogP contribution in [-0.2, 0) is 13.2 Å². The molecule has 1 fully saturated rings. The van der Waals surface area contributed by atoms with Crippen molar-refractivity contribution in [2.24, 2.45) is 5.92 Å². The Kier molecular flexibility index (Phi) is 6.07. The third kappa shape index (κ3) is 4.74. The highest BCUT2D eigenvalue weighted by Crippen LogP contribution is 2.37. The molecule has 1 aliphatic heterocycles. The average Bonchev–Trinajstić information content (AvgIpc) is 3.57. The molecule has 7 nitrogen and oxygen atoms in total. The van der Waals surface area contributed by atoms with E-state index < -0.39 is 0 Å². The van der Waals surface area contributed by atoms with Gasteiger partial charge in [-0.1, -0.05) is 17.7 Å². The normalized spacial score (nSPS) is 14.2. The standard InChI is InChI=1S/C25H23ClN2O5/c26-20-10-23-22(32-14-33-23)9-18(20)11-28-25(30)19-8-16(24-17(12-29)2-1-7-27-24)5-6-21(19)31-13-15-3-4-15/h1-2,5-10,15,29H,3-4,11-14H2,(H,28,30). The maximum Gasteiger partial charge on any atom is 0.255 e. The number of pyridine rings is 1. The zero-order chi connectivity index (χ0) is 22.8. The summed E-state index contributed by atoms with van der Waals surface area (Å²) in [5, 5.41) is 13.1. The molecule has 2 heterocycles. The summed E-state index contributed by atoms with van der Waals surface area (Å²) in [6.45, 7) is 0.803. The van der Waals surface area contributed by atoms with Crippen LogP contribution in [0.15, 0.2) is 48.7 Å². The Labute approximate surface area is 196 Å². The van der Waals surface area contributed by atoms with Gasteiger partial charge in [-0.05, 0) is 54.7 Å². The van der Waals surface area contributed by atoms with E-state index in [0.29, 0.717) is 51.6 Å². The van der Waals surface area contributed by atoms with Gasteiger partial charge in [0.25, 0.3) is 5.91 Å². The van der Waals surface area contributed by atoms with Crippen LogP contribution in [0.4, 0.5) is 0 Å². The molecule has 8 heteroatoms. The highest BCUT2D eigenvalue weighted by molar-refractivity contribution is 6.31. The molecule has 1 amide bonds. The predicted octanol–water partition coefficient (Wildman–Crippen LogP) is 4.34. The molecule has 1 aliphatic carbocycles. The molecule has 5 rings (SSSR count). The summed E-state index contributed by atoms with van der Waals surface area (Å²) in [5.74, 6) is 1.96. The van der Waals surface area contributed by atoms with Crippen molar-refractivity contribution in [1.82, 2.24) is 10.3 Å². The van der Waals surface area contributed by atoms with Crippen molar-refractivity contribution in [2.45, 2.75) is 26.0 Å². The van der Waals surface area contributed by atoms with Crippen LogP contribution in [0.2, 0.25) is 5.02 Å². The number of amides is 1. The molecule has 1 aromatic heterocycles. The highest BCUT2D eigenvalue weighted by Gasteiger charge is 2.24. The minimum atomic E-state index is -0.294. The number of carbonyl (C=O) groups is 1. The summed E-state index contributed by atoms with van der Waals surface area (Å²) in [6.07, 6.45) is 3.96. The van der Waals surface area contributed by atoms with E-state index in [-0.39, 0.29) is 25.9 Å². The topological polar surface area (TPSA) is 89.9 Å². The number of aromatic nitrogens is 1. The first-order valence-corrected chi connectivity index (χ1v) is 11.2. The van der Waals surface area contributed by atoms with E-state index in [1.165, 1.54) is 0 Å². The molecule has 0 saturated heterocycles. The van der Waals surface area contributed by atoms with Gasteiger partial charge in [0, 0.05) is 35.0 Å². The number of hydrogen-bond acceptors (Lipinski definition) is 6. The number of nitrogens with zero attached hydrogens (tertiary/aromatic N) is 1. The van der Waals surface area contributed by atoms with E-state index in [0.717, 1.165) is 24.0 Å². The van der Waals surface area contributed by atoms with Crippen LogP contribution in [0, 0.1) is 5.92 Å². The smallest absolute Gasteiger partial charge is 0.255 e. The van der Waals surface area contributed by atoms with Crippen LogP contribution in [-0.4, -0.2) is 29.4 Å². The molecule has 0 bridgehead atoms. The molecule has 2 aliphatic rings. The maximum atomic E-state index is 13.2. The molecule has 3 aromatic rings. The Bertz CT molecular complexity index is 1200. The second kappa shape index (κ2) is 9.29. The van der Waals surface area contributed by atoms with Gasteiger partial charge < -0.3 is 24.6 Å². The summed E-state index contributed by atoms with van der Waals surface area (Å²) in [6, 6.07) is 12.4. The van der Waals surface area contributed by atoms with Crippen molar-refractivity contribution in [3.8, 4) is 28.5 Å². The Hall–Kier alpha value is -3.29. The summed E-state index contributed by atoms with van der Waals surface area (Å²) in [4.78, 5) is 17.6. The van der Waals surface area contributed by atoms with Crippen LogP contribution in [0.5, 0.6) is 17.2 Å². The molecule has 2 N–H and O–H groups in total. The number of benzene rings is 2. The number of aliphatic hydroxyl groups is 1. The predicted molar refractivity (Wildman–Crippen MR) is 123 cm³/mol. The zero-order valence-electron chi connectivity index (χ0n) is 17.8. The van der Waals surface area contributed by atoms with E-state index in [9.17, 15) is 9.90 Å². The largest absolute Gasteiger partial charge is 0.492 e. The molecule has 0 radical (unpaired) electrons. The lowest BCUT2D eigenvalue weighted by molar-refractivity contribution is 0.0946.